The zero-order valence-electron chi connectivity index (χ0n) is 22.5. The molecule has 7 rings (SSSR count). The first kappa shape index (κ1) is 25.4. The van der Waals surface area contributed by atoms with E-state index < -0.39 is 23.5 Å². The van der Waals surface area contributed by atoms with Gasteiger partial charge in [-0.25, -0.2) is 0 Å². The zero-order valence-corrected chi connectivity index (χ0v) is 22.5. The van der Waals surface area contributed by atoms with Crippen LogP contribution in [-0.2, 0) is 19.2 Å². The number of hydrogen-bond acceptors (Lipinski definition) is 5. The number of likely N-dealkylation sites (tertiary alicyclic amines) is 1. The second kappa shape index (κ2) is 8.82. The Morgan fingerprint density at radius 2 is 1.89 bits per heavy atom. The lowest BCUT2D eigenvalue weighted by Crippen LogP contribution is -2.65. The van der Waals surface area contributed by atoms with Crippen LogP contribution < -0.4 is 16.0 Å². The maximum atomic E-state index is 14.2. The standard InChI is InChI=1S/C29H39N5O4/c1-28(2,3)23(33-27(38)29-10-15(11-29)12-29)26(37)34-14-20-16-4-5-17(8-16)21(20)22(34)25(36)32-19(13-30)9-18-6-7-31-24(18)35/h4-5,15-23H,6-12,14H2,1-3H3,(H,31,35)(H,32,36)(H,33,38). The Labute approximate surface area is 224 Å². The van der Waals surface area contributed by atoms with Gasteiger partial charge in [0.1, 0.15) is 18.1 Å². The summed E-state index contributed by atoms with van der Waals surface area (Å²) in [6.45, 7) is 6.92. The monoisotopic (exact) mass is 521 g/mol. The molecule has 9 nitrogen and oxygen atoms in total. The van der Waals surface area contributed by atoms with Crippen molar-refractivity contribution in [3.05, 3.63) is 12.2 Å². The van der Waals surface area contributed by atoms with E-state index in [1.807, 2.05) is 20.8 Å². The molecule has 5 aliphatic carbocycles. The fourth-order valence-corrected chi connectivity index (χ4v) is 8.19. The maximum absolute atomic E-state index is 14.2. The summed E-state index contributed by atoms with van der Waals surface area (Å²) in [5.41, 5.74) is -0.834. The number of nitriles is 1. The first-order valence-corrected chi connectivity index (χ1v) is 14.3. The molecule has 4 saturated carbocycles. The van der Waals surface area contributed by atoms with Crippen molar-refractivity contribution in [1.29, 1.82) is 5.26 Å². The molecular weight excluding hydrogens is 482 g/mol. The molecular formula is C29H39N5O4. The lowest BCUT2D eigenvalue weighted by molar-refractivity contribution is -0.168. The van der Waals surface area contributed by atoms with Crippen molar-refractivity contribution < 1.29 is 19.2 Å². The molecule has 4 amide bonds. The number of rotatable bonds is 7. The SMILES string of the molecule is CC(C)(C)C(NC(=O)C12CC(C1)C2)C(=O)N1CC2C3C=CC(C3)C2C1C(=O)NC(C#N)CC1CCNC1=O. The van der Waals surface area contributed by atoms with Crippen molar-refractivity contribution in [2.24, 2.45) is 46.3 Å². The number of amides is 4. The van der Waals surface area contributed by atoms with Crippen LogP contribution in [0, 0.1) is 57.7 Å². The molecule has 4 bridgehead atoms. The van der Waals surface area contributed by atoms with Crippen LogP contribution in [0.15, 0.2) is 12.2 Å². The number of carbonyl (C=O) groups excluding carboxylic acids is 4. The van der Waals surface area contributed by atoms with Gasteiger partial charge in [0.25, 0.3) is 0 Å². The molecule has 9 heteroatoms. The molecule has 2 heterocycles. The van der Waals surface area contributed by atoms with Crippen molar-refractivity contribution in [3.8, 4) is 6.07 Å². The third kappa shape index (κ3) is 3.94. The highest BCUT2D eigenvalue weighted by atomic mass is 16.2. The Bertz CT molecular complexity index is 1120. The van der Waals surface area contributed by atoms with E-state index in [0.29, 0.717) is 31.3 Å². The largest absolute Gasteiger partial charge is 0.356 e. The molecule has 0 radical (unpaired) electrons. The first-order valence-electron chi connectivity index (χ1n) is 14.3. The molecule has 2 aliphatic heterocycles. The molecule has 3 N–H and O–H groups in total. The molecule has 0 aromatic rings. The van der Waals surface area contributed by atoms with E-state index in [1.165, 1.54) is 0 Å². The number of nitrogens with zero attached hydrogens (tertiary/aromatic N) is 2. The lowest BCUT2D eigenvalue weighted by Gasteiger charge is -2.60. The summed E-state index contributed by atoms with van der Waals surface area (Å²) in [7, 11) is 0. The molecule has 204 valence electrons. The minimum atomic E-state index is -0.802. The van der Waals surface area contributed by atoms with Crippen LogP contribution in [0.4, 0.5) is 0 Å². The smallest absolute Gasteiger partial charge is 0.246 e. The van der Waals surface area contributed by atoms with Crippen LogP contribution in [0.5, 0.6) is 0 Å². The van der Waals surface area contributed by atoms with E-state index in [-0.39, 0.29) is 59.1 Å². The Morgan fingerprint density at radius 1 is 1.18 bits per heavy atom. The van der Waals surface area contributed by atoms with Crippen LogP contribution >= 0.6 is 0 Å². The van der Waals surface area contributed by atoms with Gasteiger partial charge < -0.3 is 20.9 Å². The predicted molar refractivity (Wildman–Crippen MR) is 138 cm³/mol. The summed E-state index contributed by atoms with van der Waals surface area (Å²) in [5.74, 6) is 0.470. The van der Waals surface area contributed by atoms with Gasteiger partial charge in [0, 0.05) is 24.4 Å². The van der Waals surface area contributed by atoms with Crippen LogP contribution in [0.2, 0.25) is 0 Å². The minimum absolute atomic E-state index is 0.00277. The van der Waals surface area contributed by atoms with Gasteiger partial charge in [-0.2, -0.15) is 5.26 Å². The van der Waals surface area contributed by atoms with Crippen molar-refractivity contribution in [2.45, 2.75) is 77.4 Å². The molecule has 0 aromatic heterocycles. The van der Waals surface area contributed by atoms with Crippen LogP contribution in [0.3, 0.4) is 0 Å². The van der Waals surface area contributed by atoms with E-state index in [9.17, 15) is 24.4 Å². The number of hydrogen-bond donors (Lipinski definition) is 3. The zero-order chi connectivity index (χ0) is 27.0. The van der Waals surface area contributed by atoms with Gasteiger partial charge in [0.05, 0.1) is 6.07 Å². The lowest BCUT2D eigenvalue weighted by atomic mass is 9.44. The maximum Gasteiger partial charge on any atom is 0.246 e. The molecule has 2 saturated heterocycles. The topological polar surface area (TPSA) is 131 Å². The number of nitrogens with one attached hydrogen (secondary N) is 3. The molecule has 0 spiro atoms. The van der Waals surface area contributed by atoms with Gasteiger partial charge in [-0.1, -0.05) is 32.9 Å². The van der Waals surface area contributed by atoms with Crippen molar-refractivity contribution >= 4 is 23.6 Å². The fraction of sp³-hybridized carbons (Fsp3) is 0.759. The fourth-order valence-electron chi connectivity index (χ4n) is 8.19. The summed E-state index contributed by atoms with van der Waals surface area (Å²) < 4.78 is 0. The van der Waals surface area contributed by atoms with Gasteiger partial charge in [0.2, 0.25) is 23.6 Å². The first-order chi connectivity index (χ1) is 18.0. The van der Waals surface area contributed by atoms with E-state index in [4.69, 9.17) is 0 Å². The average molecular weight is 522 g/mol. The summed E-state index contributed by atoms with van der Waals surface area (Å²) in [6, 6.07) is -0.0748. The Balaban J connectivity index is 1.23. The summed E-state index contributed by atoms with van der Waals surface area (Å²) in [6.07, 6.45) is 9.03. The number of allylic oxidation sites excluding steroid dienone is 2. The highest BCUT2D eigenvalue weighted by molar-refractivity contribution is 5.95. The Morgan fingerprint density at radius 3 is 2.47 bits per heavy atom. The van der Waals surface area contributed by atoms with E-state index >= 15 is 0 Å². The normalized spacial score (nSPS) is 39.4. The van der Waals surface area contributed by atoms with Gasteiger partial charge in [-0.15, -0.1) is 0 Å². The van der Waals surface area contributed by atoms with Gasteiger partial charge >= 0.3 is 0 Å². The summed E-state index contributed by atoms with van der Waals surface area (Å²) in [4.78, 5) is 55.1. The summed E-state index contributed by atoms with van der Waals surface area (Å²) >= 11 is 0. The molecule has 8 atom stereocenters. The van der Waals surface area contributed by atoms with E-state index in [1.54, 1.807) is 4.90 Å². The molecule has 0 aromatic carbocycles. The number of carbonyl (C=O) groups is 4. The van der Waals surface area contributed by atoms with Gasteiger partial charge in [-0.05, 0) is 73.5 Å². The summed E-state index contributed by atoms with van der Waals surface area (Å²) in [5, 5.41) is 18.6. The van der Waals surface area contributed by atoms with E-state index in [2.05, 4.69) is 34.2 Å². The second-order valence-electron chi connectivity index (χ2n) is 13.9. The second-order valence-corrected chi connectivity index (χ2v) is 13.9. The third-order valence-electron chi connectivity index (χ3n) is 10.4. The Hall–Kier alpha value is -2.89. The third-order valence-corrected chi connectivity index (χ3v) is 10.4. The molecule has 7 aliphatic rings. The van der Waals surface area contributed by atoms with Crippen molar-refractivity contribution in [2.75, 3.05) is 13.1 Å². The minimum Gasteiger partial charge on any atom is -0.356 e. The quantitative estimate of drug-likeness (QED) is 0.437. The highest BCUT2D eigenvalue weighted by Gasteiger charge is 2.63. The molecule has 6 fully saturated rings. The molecule has 38 heavy (non-hydrogen) atoms. The van der Waals surface area contributed by atoms with Crippen molar-refractivity contribution in [3.63, 3.8) is 0 Å². The number of fused-ring (bicyclic) bond motifs is 5. The average Bonchev–Trinajstić information content (AvgIpc) is 3.56. The highest BCUT2D eigenvalue weighted by Crippen LogP contribution is 2.64. The van der Waals surface area contributed by atoms with Crippen LogP contribution in [0.1, 0.15) is 59.3 Å². The van der Waals surface area contributed by atoms with Crippen molar-refractivity contribution in [1.82, 2.24) is 20.9 Å². The Kier molecular flexibility index (Phi) is 5.89. The van der Waals surface area contributed by atoms with Gasteiger partial charge in [-0.3, -0.25) is 19.2 Å². The van der Waals surface area contributed by atoms with E-state index in [0.717, 1.165) is 25.7 Å². The predicted octanol–water partition coefficient (Wildman–Crippen LogP) is 1.50. The molecule has 8 unspecified atom stereocenters. The van der Waals surface area contributed by atoms with Crippen LogP contribution in [-0.4, -0.2) is 59.7 Å². The van der Waals surface area contributed by atoms with Crippen LogP contribution in [0.25, 0.3) is 0 Å². The van der Waals surface area contributed by atoms with Gasteiger partial charge in [0.15, 0.2) is 0 Å².